The lowest BCUT2D eigenvalue weighted by Crippen LogP contribution is -2.29. The second-order valence-corrected chi connectivity index (χ2v) is 4.40. The standard InChI is InChI=1S/C12H20/c1-7(2)11-9(5)10(6)12(11)8(3)4/h9-10H,1-6H3. The van der Waals surface area contributed by atoms with Crippen LogP contribution in [0.5, 0.6) is 0 Å². The molecule has 0 N–H and O–H groups in total. The highest BCUT2D eigenvalue weighted by atomic mass is 14.4. The second kappa shape index (κ2) is 3.08. The minimum absolute atomic E-state index is 0.778. The summed E-state index contributed by atoms with van der Waals surface area (Å²) in [5.41, 5.74) is 6.22. The Labute approximate surface area is 76.4 Å². The molecule has 0 aromatic carbocycles. The number of allylic oxidation sites excluding steroid dienone is 4. The van der Waals surface area contributed by atoms with E-state index >= 15 is 0 Å². The monoisotopic (exact) mass is 164 g/mol. The van der Waals surface area contributed by atoms with E-state index in [2.05, 4.69) is 41.5 Å². The zero-order valence-electron chi connectivity index (χ0n) is 9.15. The van der Waals surface area contributed by atoms with Gasteiger partial charge in [-0.05, 0) is 50.7 Å². The van der Waals surface area contributed by atoms with Gasteiger partial charge in [0, 0.05) is 0 Å². The first kappa shape index (κ1) is 9.57. The van der Waals surface area contributed by atoms with Crippen LogP contribution in [0, 0.1) is 11.8 Å². The highest BCUT2D eigenvalue weighted by Gasteiger charge is 2.35. The van der Waals surface area contributed by atoms with Crippen LogP contribution in [0.1, 0.15) is 41.5 Å². The van der Waals surface area contributed by atoms with E-state index in [1.807, 2.05) is 0 Å². The molecule has 0 aliphatic heterocycles. The highest BCUT2D eigenvalue weighted by Crippen LogP contribution is 2.47. The Balaban J connectivity index is 3.08. The van der Waals surface area contributed by atoms with Gasteiger partial charge in [0.1, 0.15) is 0 Å². The average Bonchev–Trinajstić information content (AvgIpc) is 1.96. The number of hydrogen-bond donors (Lipinski definition) is 0. The van der Waals surface area contributed by atoms with Crippen LogP contribution in [0.2, 0.25) is 0 Å². The molecule has 0 heteroatoms. The van der Waals surface area contributed by atoms with Crippen molar-refractivity contribution in [3.63, 3.8) is 0 Å². The predicted molar refractivity (Wildman–Crippen MR) is 55.1 cm³/mol. The van der Waals surface area contributed by atoms with Gasteiger partial charge in [-0.25, -0.2) is 0 Å². The number of rotatable bonds is 0. The van der Waals surface area contributed by atoms with Crippen molar-refractivity contribution in [3.05, 3.63) is 22.3 Å². The molecular formula is C12H20. The topological polar surface area (TPSA) is 0 Å². The van der Waals surface area contributed by atoms with E-state index in [-0.39, 0.29) is 0 Å². The van der Waals surface area contributed by atoms with E-state index in [1.54, 1.807) is 11.1 Å². The van der Waals surface area contributed by atoms with E-state index in [9.17, 15) is 0 Å². The predicted octanol–water partition coefficient (Wildman–Crippen LogP) is 3.95. The maximum absolute atomic E-state index is 2.33. The Morgan fingerprint density at radius 1 is 0.750 bits per heavy atom. The van der Waals surface area contributed by atoms with Crippen LogP contribution >= 0.6 is 0 Å². The molecule has 0 saturated heterocycles. The van der Waals surface area contributed by atoms with Crippen molar-refractivity contribution in [3.8, 4) is 0 Å². The summed E-state index contributed by atoms with van der Waals surface area (Å²) in [7, 11) is 0. The molecule has 68 valence electrons. The Kier molecular flexibility index (Phi) is 2.46. The van der Waals surface area contributed by atoms with Crippen molar-refractivity contribution in [2.45, 2.75) is 41.5 Å². The molecular weight excluding hydrogens is 144 g/mol. The zero-order chi connectivity index (χ0) is 9.46. The normalized spacial score (nSPS) is 28.5. The van der Waals surface area contributed by atoms with Gasteiger partial charge >= 0.3 is 0 Å². The molecule has 0 spiro atoms. The van der Waals surface area contributed by atoms with Crippen molar-refractivity contribution < 1.29 is 0 Å². The Hall–Kier alpha value is -0.520. The van der Waals surface area contributed by atoms with Gasteiger partial charge in [-0.15, -0.1) is 0 Å². The van der Waals surface area contributed by atoms with Gasteiger partial charge in [0.25, 0.3) is 0 Å². The van der Waals surface area contributed by atoms with Gasteiger partial charge in [0.05, 0.1) is 0 Å². The summed E-state index contributed by atoms with van der Waals surface area (Å²) in [5.74, 6) is 1.56. The van der Waals surface area contributed by atoms with E-state index in [1.165, 1.54) is 11.1 Å². The van der Waals surface area contributed by atoms with E-state index < -0.39 is 0 Å². The first-order chi connectivity index (χ1) is 5.46. The van der Waals surface area contributed by atoms with Gasteiger partial charge in [0.2, 0.25) is 0 Å². The molecule has 12 heavy (non-hydrogen) atoms. The van der Waals surface area contributed by atoms with Crippen molar-refractivity contribution in [2.24, 2.45) is 11.8 Å². The zero-order valence-corrected chi connectivity index (χ0v) is 9.15. The fraction of sp³-hybridized carbons (Fsp3) is 0.667. The summed E-state index contributed by atoms with van der Waals surface area (Å²) in [6, 6.07) is 0. The molecule has 0 amide bonds. The maximum atomic E-state index is 2.33. The lowest BCUT2D eigenvalue weighted by molar-refractivity contribution is 0.418. The Morgan fingerprint density at radius 2 is 1.00 bits per heavy atom. The third-order valence-electron chi connectivity index (χ3n) is 3.03. The summed E-state index contributed by atoms with van der Waals surface area (Å²) in [6.45, 7) is 13.6. The molecule has 0 heterocycles. The molecule has 2 unspecified atom stereocenters. The summed E-state index contributed by atoms with van der Waals surface area (Å²) >= 11 is 0. The Bertz CT molecular complexity index is 217. The smallest absolute Gasteiger partial charge is 0.0122 e. The van der Waals surface area contributed by atoms with Crippen LogP contribution in [0.4, 0.5) is 0 Å². The molecule has 0 nitrogen and oxygen atoms in total. The lowest BCUT2D eigenvalue weighted by atomic mass is 9.64. The summed E-state index contributed by atoms with van der Waals surface area (Å²) in [6.07, 6.45) is 0. The highest BCUT2D eigenvalue weighted by molar-refractivity contribution is 5.49. The lowest BCUT2D eigenvalue weighted by Gasteiger charge is -2.41. The molecule has 0 radical (unpaired) electrons. The molecule has 1 aliphatic carbocycles. The molecule has 1 rings (SSSR count). The molecule has 0 bridgehead atoms. The van der Waals surface area contributed by atoms with Crippen molar-refractivity contribution >= 4 is 0 Å². The van der Waals surface area contributed by atoms with E-state index in [4.69, 9.17) is 0 Å². The molecule has 1 saturated carbocycles. The van der Waals surface area contributed by atoms with Gasteiger partial charge in [-0.3, -0.25) is 0 Å². The van der Waals surface area contributed by atoms with Crippen LogP contribution in [-0.2, 0) is 0 Å². The third kappa shape index (κ3) is 1.24. The quantitative estimate of drug-likeness (QED) is 0.508. The fourth-order valence-corrected chi connectivity index (χ4v) is 2.34. The van der Waals surface area contributed by atoms with Crippen LogP contribution in [-0.4, -0.2) is 0 Å². The molecule has 0 aromatic rings. The largest absolute Gasteiger partial charge is 0.0727 e. The van der Waals surface area contributed by atoms with Gasteiger partial charge in [-0.1, -0.05) is 25.0 Å². The van der Waals surface area contributed by atoms with Crippen LogP contribution in [0.25, 0.3) is 0 Å². The first-order valence-corrected chi connectivity index (χ1v) is 4.82. The first-order valence-electron chi connectivity index (χ1n) is 4.82. The second-order valence-electron chi connectivity index (χ2n) is 4.40. The maximum Gasteiger partial charge on any atom is -0.0122 e. The summed E-state index contributed by atoms with van der Waals surface area (Å²) in [4.78, 5) is 0. The van der Waals surface area contributed by atoms with E-state index in [0.29, 0.717) is 0 Å². The van der Waals surface area contributed by atoms with E-state index in [0.717, 1.165) is 11.8 Å². The minimum atomic E-state index is 0.778. The minimum Gasteiger partial charge on any atom is -0.0727 e. The fourth-order valence-electron chi connectivity index (χ4n) is 2.34. The van der Waals surface area contributed by atoms with Gasteiger partial charge < -0.3 is 0 Å². The van der Waals surface area contributed by atoms with Gasteiger partial charge in [-0.2, -0.15) is 0 Å². The molecule has 1 aliphatic rings. The van der Waals surface area contributed by atoms with Crippen LogP contribution < -0.4 is 0 Å². The average molecular weight is 164 g/mol. The number of hydrogen-bond acceptors (Lipinski definition) is 0. The van der Waals surface area contributed by atoms with Crippen LogP contribution in [0.15, 0.2) is 22.3 Å². The summed E-state index contributed by atoms with van der Waals surface area (Å²) in [5, 5.41) is 0. The van der Waals surface area contributed by atoms with Crippen molar-refractivity contribution in [1.29, 1.82) is 0 Å². The van der Waals surface area contributed by atoms with Crippen molar-refractivity contribution in [1.82, 2.24) is 0 Å². The summed E-state index contributed by atoms with van der Waals surface area (Å²) < 4.78 is 0. The van der Waals surface area contributed by atoms with Crippen molar-refractivity contribution in [2.75, 3.05) is 0 Å². The third-order valence-corrected chi connectivity index (χ3v) is 3.03. The van der Waals surface area contributed by atoms with Gasteiger partial charge in [0.15, 0.2) is 0 Å². The Morgan fingerprint density at radius 3 is 1.17 bits per heavy atom. The molecule has 0 aromatic heterocycles. The SMILES string of the molecule is CC(C)=C1C(=C(C)C)C(C)C1C. The van der Waals surface area contributed by atoms with Crippen LogP contribution in [0.3, 0.4) is 0 Å². The molecule has 1 fully saturated rings. The molecule has 2 atom stereocenters.